The second kappa shape index (κ2) is 8.24. The Kier molecular flexibility index (Phi) is 6.31. The van der Waals surface area contributed by atoms with Gasteiger partial charge in [-0.3, -0.25) is 9.59 Å². The molecule has 1 aliphatic rings. The normalized spacial score (nSPS) is 15.0. The number of aliphatic hydroxyl groups excluding tert-OH is 1. The Morgan fingerprint density at radius 2 is 2.12 bits per heavy atom. The second-order valence-electron chi connectivity index (χ2n) is 6.76. The van der Waals surface area contributed by atoms with E-state index in [4.69, 9.17) is 5.11 Å². The van der Waals surface area contributed by atoms with E-state index in [1.54, 1.807) is 0 Å². The summed E-state index contributed by atoms with van der Waals surface area (Å²) in [6, 6.07) is 2.73. The number of amides is 2. The molecule has 1 aromatic rings. The van der Waals surface area contributed by atoms with Crippen molar-refractivity contribution >= 4 is 17.5 Å². The van der Waals surface area contributed by atoms with Crippen LogP contribution in [0.25, 0.3) is 0 Å². The zero-order valence-electron chi connectivity index (χ0n) is 14.2. The van der Waals surface area contributed by atoms with E-state index in [0.717, 1.165) is 12.0 Å². The third-order valence-corrected chi connectivity index (χ3v) is 4.23. The van der Waals surface area contributed by atoms with Crippen molar-refractivity contribution in [2.45, 2.75) is 39.5 Å². The molecule has 0 radical (unpaired) electrons. The molecule has 6 heteroatoms. The lowest BCUT2D eigenvalue weighted by Crippen LogP contribution is -2.31. The zero-order chi connectivity index (χ0) is 17.7. The van der Waals surface area contributed by atoms with Gasteiger partial charge in [0.1, 0.15) is 5.82 Å². The molecule has 1 unspecified atom stereocenters. The predicted octanol–water partition coefficient (Wildman–Crippen LogP) is 2.48. The number of carbonyl (C=O) groups is 2. The lowest BCUT2D eigenvalue weighted by atomic mass is 9.94. The van der Waals surface area contributed by atoms with Crippen molar-refractivity contribution in [3.05, 3.63) is 29.1 Å². The van der Waals surface area contributed by atoms with Crippen molar-refractivity contribution in [1.29, 1.82) is 0 Å². The summed E-state index contributed by atoms with van der Waals surface area (Å²) >= 11 is 0. The maximum Gasteiger partial charge on any atom is 0.254 e. The van der Waals surface area contributed by atoms with E-state index in [1.165, 1.54) is 12.1 Å². The number of benzene rings is 1. The summed E-state index contributed by atoms with van der Waals surface area (Å²) in [5.41, 5.74) is 1.21. The monoisotopic (exact) mass is 336 g/mol. The van der Waals surface area contributed by atoms with E-state index in [-0.39, 0.29) is 24.0 Å². The van der Waals surface area contributed by atoms with E-state index in [2.05, 4.69) is 24.5 Å². The van der Waals surface area contributed by atoms with Gasteiger partial charge in [-0.2, -0.15) is 0 Å². The van der Waals surface area contributed by atoms with Crippen LogP contribution in [-0.4, -0.2) is 30.1 Å². The van der Waals surface area contributed by atoms with E-state index < -0.39 is 11.7 Å². The van der Waals surface area contributed by atoms with Crippen LogP contribution in [0.2, 0.25) is 0 Å². The van der Waals surface area contributed by atoms with Crippen molar-refractivity contribution in [2.24, 2.45) is 11.8 Å². The van der Waals surface area contributed by atoms with Crippen LogP contribution in [0.3, 0.4) is 0 Å². The first-order valence-electron chi connectivity index (χ1n) is 8.42. The molecule has 0 aromatic heterocycles. The van der Waals surface area contributed by atoms with E-state index in [1.807, 2.05) is 0 Å². The third kappa shape index (κ3) is 4.77. The minimum atomic E-state index is -0.643. The molecule has 0 bridgehead atoms. The number of aliphatic hydroxyl groups is 1. The van der Waals surface area contributed by atoms with Gasteiger partial charge in [0.25, 0.3) is 5.91 Å². The van der Waals surface area contributed by atoms with Crippen molar-refractivity contribution in [2.75, 3.05) is 18.5 Å². The van der Waals surface area contributed by atoms with Crippen molar-refractivity contribution in [3.63, 3.8) is 0 Å². The first kappa shape index (κ1) is 18.4. The number of rotatable bonds is 7. The first-order valence-corrected chi connectivity index (χ1v) is 8.42. The number of nitrogens with one attached hydrogen (secondary N) is 2. The minimum Gasteiger partial charge on any atom is -0.396 e. The Hall–Kier alpha value is -1.95. The maximum absolute atomic E-state index is 14.2. The van der Waals surface area contributed by atoms with Crippen LogP contribution in [-0.2, 0) is 11.2 Å². The SMILES string of the molecule is CC(C)CC(CCO)CNC(=O)c1cc2c(cc1F)NC(=O)CC2. The highest BCUT2D eigenvalue weighted by molar-refractivity contribution is 5.98. The average molecular weight is 336 g/mol. The number of fused-ring (bicyclic) bond motifs is 1. The van der Waals surface area contributed by atoms with Gasteiger partial charge in [0.15, 0.2) is 0 Å². The molecule has 2 amide bonds. The highest BCUT2D eigenvalue weighted by Gasteiger charge is 2.21. The molecule has 1 aromatic carbocycles. The molecule has 3 N–H and O–H groups in total. The van der Waals surface area contributed by atoms with Gasteiger partial charge in [-0.1, -0.05) is 13.8 Å². The van der Waals surface area contributed by atoms with E-state index >= 15 is 0 Å². The average Bonchev–Trinajstić information content (AvgIpc) is 2.51. The van der Waals surface area contributed by atoms with Gasteiger partial charge in [-0.15, -0.1) is 0 Å². The molecule has 0 saturated carbocycles. The highest BCUT2D eigenvalue weighted by atomic mass is 19.1. The van der Waals surface area contributed by atoms with Gasteiger partial charge in [0, 0.05) is 25.3 Å². The second-order valence-corrected chi connectivity index (χ2v) is 6.76. The predicted molar refractivity (Wildman–Crippen MR) is 90.3 cm³/mol. The molecule has 0 fully saturated rings. The summed E-state index contributed by atoms with van der Waals surface area (Å²) in [5.74, 6) is -0.615. The smallest absolute Gasteiger partial charge is 0.254 e. The third-order valence-electron chi connectivity index (χ3n) is 4.23. The Balaban J connectivity index is 2.05. The molecule has 0 saturated heterocycles. The van der Waals surface area contributed by atoms with Gasteiger partial charge in [-0.05, 0) is 48.8 Å². The fourth-order valence-electron chi connectivity index (χ4n) is 3.06. The summed E-state index contributed by atoms with van der Waals surface area (Å²) in [4.78, 5) is 23.7. The number of hydrogen-bond donors (Lipinski definition) is 3. The standard InChI is InChI=1S/C18H25FN2O3/c1-11(2)7-12(5-6-22)10-20-18(24)14-8-13-3-4-17(23)21-16(13)9-15(14)19/h8-9,11-12,22H,3-7,10H2,1-2H3,(H,20,24)(H,21,23). The molecular formula is C18H25FN2O3. The number of hydrogen-bond acceptors (Lipinski definition) is 3. The van der Waals surface area contributed by atoms with Crippen LogP contribution in [0.4, 0.5) is 10.1 Å². The number of aryl methyl sites for hydroxylation is 1. The number of carbonyl (C=O) groups excluding carboxylic acids is 2. The Morgan fingerprint density at radius 3 is 2.79 bits per heavy atom. The minimum absolute atomic E-state index is 0.00260. The Bertz CT molecular complexity index is 617. The summed E-state index contributed by atoms with van der Waals surface area (Å²) in [6.45, 7) is 4.65. The molecule has 0 aliphatic carbocycles. The topological polar surface area (TPSA) is 78.4 Å². The summed E-state index contributed by atoms with van der Waals surface area (Å²) in [6.07, 6.45) is 2.34. The Morgan fingerprint density at radius 1 is 1.38 bits per heavy atom. The maximum atomic E-state index is 14.2. The van der Waals surface area contributed by atoms with E-state index in [0.29, 0.717) is 37.4 Å². The molecule has 1 heterocycles. The van der Waals surface area contributed by atoms with Crippen LogP contribution in [0.5, 0.6) is 0 Å². The van der Waals surface area contributed by atoms with Crippen LogP contribution in [0, 0.1) is 17.7 Å². The molecule has 2 rings (SSSR count). The van der Waals surface area contributed by atoms with Crippen molar-refractivity contribution in [3.8, 4) is 0 Å². The highest BCUT2D eigenvalue weighted by Crippen LogP contribution is 2.26. The fourth-order valence-corrected chi connectivity index (χ4v) is 3.06. The van der Waals surface area contributed by atoms with Gasteiger partial charge in [0.2, 0.25) is 5.91 Å². The fraction of sp³-hybridized carbons (Fsp3) is 0.556. The van der Waals surface area contributed by atoms with Gasteiger partial charge in [-0.25, -0.2) is 4.39 Å². The lowest BCUT2D eigenvalue weighted by molar-refractivity contribution is -0.116. The van der Waals surface area contributed by atoms with Gasteiger partial charge >= 0.3 is 0 Å². The van der Waals surface area contributed by atoms with E-state index in [9.17, 15) is 14.0 Å². The van der Waals surface area contributed by atoms with Gasteiger partial charge < -0.3 is 15.7 Å². The lowest BCUT2D eigenvalue weighted by Gasteiger charge is -2.20. The molecule has 1 aliphatic heterocycles. The Labute approximate surface area is 141 Å². The quantitative estimate of drug-likeness (QED) is 0.716. The zero-order valence-corrected chi connectivity index (χ0v) is 14.2. The molecule has 132 valence electrons. The van der Waals surface area contributed by atoms with Crippen LogP contribution >= 0.6 is 0 Å². The van der Waals surface area contributed by atoms with Crippen LogP contribution in [0.1, 0.15) is 49.0 Å². The van der Waals surface area contributed by atoms with Gasteiger partial charge in [0.05, 0.1) is 5.56 Å². The molecule has 0 spiro atoms. The number of halogens is 1. The number of anilines is 1. The first-order chi connectivity index (χ1) is 11.4. The summed E-state index contributed by atoms with van der Waals surface area (Å²) in [5, 5.41) is 14.5. The van der Waals surface area contributed by atoms with Crippen LogP contribution < -0.4 is 10.6 Å². The summed E-state index contributed by atoms with van der Waals surface area (Å²) < 4.78 is 14.2. The van der Waals surface area contributed by atoms with Crippen molar-refractivity contribution < 1.29 is 19.1 Å². The largest absolute Gasteiger partial charge is 0.396 e. The van der Waals surface area contributed by atoms with Crippen molar-refractivity contribution in [1.82, 2.24) is 5.32 Å². The molecule has 24 heavy (non-hydrogen) atoms. The van der Waals surface area contributed by atoms with Crippen LogP contribution in [0.15, 0.2) is 12.1 Å². The molecular weight excluding hydrogens is 311 g/mol. The summed E-state index contributed by atoms with van der Waals surface area (Å²) in [7, 11) is 0. The molecule has 5 nitrogen and oxygen atoms in total. The molecule has 1 atom stereocenters.